The van der Waals surface area contributed by atoms with Gasteiger partial charge in [0.1, 0.15) is 5.82 Å². The molecule has 0 amide bonds. The second-order valence-corrected chi connectivity index (χ2v) is 5.96. The highest BCUT2D eigenvalue weighted by Crippen LogP contribution is 2.22. The summed E-state index contributed by atoms with van der Waals surface area (Å²) in [4.78, 5) is 8.90. The zero-order valence-electron chi connectivity index (χ0n) is 13.4. The van der Waals surface area contributed by atoms with E-state index in [9.17, 15) is 0 Å². The SMILES string of the molecule is CN(C)c1ccc(CN2CCOC(c3cnn(C)c3)C2)cn1. The molecule has 0 spiro atoms. The predicted octanol–water partition coefficient (Wildman–Crippen LogP) is 1.45. The Morgan fingerprint density at radius 1 is 1.32 bits per heavy atom. The van der Waals surface area contributed by atoms with Crippen molar-refractivity contribution in [2.24, 2.45) is 7.05 Å². The summed E-state index contributed by atoms with van der Waals surface area (Å²) in [6, 6.07) is 4.21. The average Bonchev–Trinajstić information content (AvgIpc) is 2.95. The van der Waals surface area contributed by atoms with Crippen molar-refractivity contribution in [1.29, 1.82) is 0 Å². The lowest BCUT2D eigenvalue weighted by molar-refractivity contribution is -0.0329. The fraction of sp³-hybridized carbons (Fsp3) is 0.500. The minimum absolute atomic E-state index is 0.108. The topological polar surface area (TPSA) is 46.4 Å². The van der Waals surface area contributed by atoms with E-state index in [2.05, 4.69) is 27.1 Å². The standard InChI is InChI=1S/C16H23N5O/c1-19(2)16-5-4-13(8-17-16)10-21-6-7-22-15(12-21)14-9-18-20(3)11-14/h4-5,8-9,11,15H,6-7,10,12H2,1-3H3. The van der Waals surface area contributed by atoms with Crippen LogP contribution in [0.2, 0.25) is 0 Å². The van der Waals surface area contributed by atoms with E-state index in [4.69, 9.17) is 4.74 Å². The second-order valence-electron chi connectivity index (χ2n) is 5.96. The first-order valence-electron chi connectivity index (χ1n) is 7.56. The molecule has 22 heavy (non-hydrogen) atoms. The summed E-state index contributed by atoms with van der Waals surface area (Å²) < 4.78 is 7.70. The zero-order valence-corrected chi connectivity index (χ0v) is 13.4. The molecular weight excluding hydrogens is 278 g/mol. The van der Waals surface area contributed by atoms with E-state index in [0.29, 0.717) is 0 Å². The van der Waals surface area contributed by atoms with E-state index < -0.39 is 0 Å². The van der Waals surface area contributed by atoms with Crippen LogP contribution in [0.3, 0.4) is 0 Å². The molecule has 0 bridgehead atoms. The van der Waals surface area contributed by atoms with Crippen molar-refractivity contribution in [1.82, 2.24) is 19.7 Å². The van der Waals surface area contributed by atoms with E-state index in [1.165, 1.54) is 5.56 Å². The number of aromatic nitrogens is 3. The molecule has 0 N–H and O–H groups in total. The van der Waals surface area contributed by atoms with Gasteiger partial charge in [-0.3, -0.25) is 9.58 Å². The highest BCUT2D eigenvalue weighted by Gasteiger charge is 2.23. The van der Waals surface area contributed by atoms with Gasteiger partial charge in [-0.15, -0.1) is 0 Å². The monoisotopic (exact) mass is 301 g/mol. The second kappa shape index (κ2) is 6.46. The molecule has 118 valence electrons. The summed E-state index contributed by atoms with van der Waals surface area (Å²) >= 11 is 0. The van der Waals surface area contributed by atoms with E-state index in [1.807, 2.05) is 49.3 Å². The third-order valence-corrected chi connectivity index (χ3v) is 3.92. The summed E-state index contributed by atoms with van der Waals surface area (Å²) in [6.45, 7) is 3.50. The zero-order chi connectivity index (χ0) is 15.5. The van der Waals surface area contributed by atoms with Crippen LogP contribution in [-0.4, -0.2) is 53.5 Å². The molecule has 1 atom stereocenters. The summed E-state index contributed by atoms with van der Waals surface area (Å²) in [5.74, 6) is 0.985. The molecule has 0 aromatic carbocycles. The summed E-state index contributed by atoms with van der Waals surface area (Å²) in [6.07, 6.45) is 5.99. The molecule has 1 aliphatic heterocycles. The fourth-order valence-electron chi connectivity index (χ4n) is 2.69. The number of pyridine rings is 1. The first-order valence-corrected chi connectivity index (χ1v) is 7.56. The minimum Gasteiger partial charge on any atom is -0.371 e. The summed E-state index contributed by atoms with van der Waals surface area (Å²) in [5.41, 5.74) is 2.38. The Balaban J connectivity index is 1.62. The first-order chi connectivity index (χ1) is 10.6. The third-order valence-electron chi connectivity index (χ3n) is 3.92. The molecule has 0 saturated carbocycles. The van der Waals surface area contributed by atoms with Crippen LogP contribution in [0, 0.1) is 0 Å². The van der Waals surface area contributed by atoms with Crippen LogP contribution in [0.5, 0.6) is 0 Å². The molecule has 1 aliphatic rings. The minimum atomic E-state index is 0.108. The van der Waals surface area contributed by atoms with Gasteiger partial charge in [-0.2, -0.15) is 5.10 Å². The van der Waals surface area contributed by atoms with Crippen LogP contribution in [0.25, 0.3) is 0 Å². The molecule has 1 saturated heterocycles. The maximum atomic E-state index is 5.88. The predicted molar refractivity (Wildman–Crippen MR) is 85.7 cm³/mol. The maximum absolute atomic E-state index is 5.88. The van der Waals surface area contributed by atoms with Crippen molar-refractivity contribution < 1.29 is 4.74 Å². The van der Waals surface area contributed by atoms with Gasteiger partial charge in [0.25, 0.3) is 0 Å². The molecule has 1 fully saturated rings. The lowest BCUT2D eigenvalue weighted by Gasteiger charge is -2.32. The maximum Gasteiger partial charge on any atom is 0.127 e. The fourth-order valence-corrected chi connectivity index (χ4v) is 2.69. The van der Waals surface area contributed by atoms with Crippen LogP contribution >= 0.6 is 0 Å². The van der Waals surface area contributed by atoms with Gasteiger partial charge in [0.15, 0.2) is 0 Å². The van der Waals surface area contributed by atoms with E-state index >= 15 is 0 Å². The molecule has 6 nitrogen and oxygen atoms in total. The highest BCUT2D eigenvalue weighted by atomic mass is 16.5. The number of anilines is 1. The van der Waals surface area contributed by atoms with Crippen molar-refractivity contribution in [2.45, 2.75) is 12.6 Å². The largest absolute Gasteiger partial charge is 0.371 e. The van der Waals surface area contributed by atoms with Crippen molar-refractivity contribution >= 4 is 5.82 Å². The molecule has 3 heterocycles. The number of aryl methyl sites for hydroxylation is 1. The van der Waals surface area contributed by atoms with E-state index in [1.54, 1.807) is 0 Å². The molecule has 0 aliphatic carbocycles. The van der Waals surface area contributed by atoms with Crippen molar-refractivity contribution in [3.63, 3.8) is 0 Å². The van der Waals surface area contributed by atoms with Gasteiger partial charge in [0, 0.05) is 58.7 Å². The van der Waals surface area contributed by atoms with E-state index in [0.717, 1.165) is 37.6 Å². The lowest BCUT2D eigenvalue weighted by atomic mass is 10.1. The van der Waals surface area contributed by atoms with Crippen molar-refractivity contribution in [3.05, 3.63) is 41.9 Å². The molecular formula is C16H23N5O. The van der Waals surface area contributed by atoms with E-state index in [-0.39, 0.29) is 6.10 Å². The Morgan fingerprint density at radius 3 is 2.82 bits per heavy atom. The number of morpholine rings is 1. The molecule has 0 radical (unpaired) electrons. The Morgan fingerprint density at radius 2 is 2.18 bits per heavy atom. The van der Waals surface area contributed by atoms with Crippen LogP contribution in [0.15, 0.2) is 30.7 Å². The number of rotatable bonds is 4. The summed E-state index contributed by atoms with van der Waals surface area (Å²) in [5, 5.41) is 4.23. The van der Waals surface area contributed by atoms with Crippen molar-refractivity contribution in [3.8, 4) is 0 Å². The molecule has 3 rings (SSSR count). The lowest BCUT2D eigenvalue weighted by Crippen LogP contribution is -2.37. The van der Waals surface area contributed by atoms with Crippen molar-refractivity contribution in [2.75, 3.05) is 38.7 Å². The van der Waals surface area contributed by atoms with Gasteiger partial charge in [0.2, 0.25) is 0 Å². The van der Waals surface area contributed by atoms with Gasteiger partial charge in [-0.1, -0.05) is 6.07 Å². The van der Waals surface area contributed by atoms with Crippen LogP contribution in [-0.2, 0) is 18.3 Å². The Kier molecular flexibility index (Phi) is 4.40. The van der Waals surface area contributed by atoms with Crippen LogP contribution < -0.4 is 4.90 Å². The van der Waals surface area contributed by atoms with Crippen LogP contribution in [0.1, 0.15) is 17.2 Å². The quantitative estimate of drug-likeness (QED) is 0.855. The number of nitrogens with zero attached hydrogens (tertiary/aromatic N) is 5. The molecule has 6 heteroatoms. The summed E-state index contributed by atoms with van der Waals surface area (Å²) in [7, 11) is 5.94. The highest BCUT2D eigenvalue weighted by molar-refractivity contribution is 5.37. The Hall–Kier alpha value is -1.92. The molecule has 1 unspecified atom stereocenters. The smallest absolute Gasteiger partial charge is 0.127 e. The molecule has 2 aromatic heterocycles. The Bertz CT molecular complexity index is 607. The first kappa shape index (κ1) is 15.0. The van der Waals surface area contributed by atoms with Gasteiger partial charge in [0.05, 0.1) is 18.9 Å². The number of ether oxygens (including phenoxy) is 1. The molecule has 2 aromatic rings. The van der Waals surface area contributed by atoms with Crippen LogP contribution in [0.4, 0.5) is 5.82 Å². The normalized spacial score (nSPS) is 19.3. The Labute approximate surface area is 131 Å². The number of hydrogen-bond donors (Lipinski definition) is 0. The average molecular weight is 301 g/mol. The number of hydrogen-bond acceptors (Lipinski definition) is 5. The van der Waals surface area contributed by atoms with Gasteiger partial charge >= 0.3 is 0 Å². The van der Waals surface area contributed by atoms with Gasteiger partial charge in [-0.25, -0.2) is 4.98 Å². The van der Waals surface area contributed by atoms with Gasteiger partial charge in [-0.05, 0) is 11.6 Å². The third kappa shape index (κ3) is 3.45. The van der Waals surface area contributed by atoms with Gasteiger partial charge < -0.3 is 9.64 Å².